The van der Waals surface area contributed by atoms with Gasteiger partial charge in [0.2, 0.25) is 5.76 Å². The summed E-state index contributed by atoms with van der Waals surface area (Å²) in [5, 5.41) is 8.18. The number of allylic oxidation sites excluding steroid dienone is 2. The fourth-order valence-corrected chi connectivity index (χ4v) is 2.11. The molecular weight excluding hydrogens is 316 g/mol. The van der Waals surface area contributed by atoms with E-state index in [1.165, 1.54) is 44.8 Å². The van der Waals surface area contributed by atoms with Crippen molar-refractivity contribution in [1.82, 2.24) is 0 Å². The number of ether oxygens (including phenoxy) is 2. The predicted octanol–water partition coefficient (Wildman–Crippen LogP) is 2.62. The maximum Gasteiger partial charge on any atom is 0.371 e. The molecule has 0 saturated carbocycles. The average molecular weight is 330 g/mol. The number of hydrogen-bond acceptors (Lipinski definition) is 6. The van der Waals surface area contributed by atoms with Crippen LogP contribution in [0.4, 0.5) is 0 Å². The van der Waals surface area contributed by atoms with E-state index in [1.807, 2.05) is 0 Å². The molecule has 0 bridgehead atoms. The molecule has 3 rings (SSSR count). The SMILES string of the molecule is COc1ccc(OC)c2c1C(=O)C=CC2=O.O=C(O)c1ccco1. The first kappa shape index (κ1) is 17.0. The lowest BCUT2D eigenvalue weighted by molar-refractivity contribution is 0.0662. The van der Waals surface area contributed by atoms with Crippen LogP contribution in [0.5, 0.6) is 11.5 Å². The molecule has 0 aliphatic heterocycles. The van der Waals surface area contributed by atoms with Crippen molar-refractivity contribution >= 4 is 17.5 Å². The Kier molecular flexibility index (Phi) is 5.16. The normalized spacial score (nSPS) is 12.1. The Morgan fingerprint density at radius 2 is 1.46 bits per heavy atom. The van der Waals surface area contributed by atoms with Gasteiger partial charge in [-0.05, 0) is 36.4 Å². The van der Waals surface area contributed by atoms with Crippen LogP contribution in [0.15, 0.2) is 47.1 Å². The van der Waals surface area contributed by atoms with Gasteiger partial charge in [-0.3, -0.25) is 9.59 Å². The zero-order chi connectivity index (χ0) is 17.7. The van der Waals surface area contributed by atoms with E-state index >= 15 is 0 Å². The van der Waals surface area contributed by atoms with E-state index in [9.17, 15) is 14.4 Å². The molecule has 0 fully saturated rings. The monoisotopic (exact) mass is 330 g/mol. The van der Waals surface area contributed by atoms with Crippen molar-refractivity contribution in [1.29, 1.82) is 0 Å². The molecule has 1 N–H and O–H groups in total. The molecule has 24 heavy (non-hydrogen) atoms. The van der Waals surface area contributed by atoms with Crippen LogP contribution in [-0.2, 0) is 0 Å². The summed E-state index contributed by atoms with van der Waals surface area (Å²) in [6.07, 6.45) is 3.81. The number of rotatable bonds is 3. The van der Waals surface area contributed by atoms with Crippen LogP contribution in [0.3, 0.4) is 0 Å². The van der Waals surface area contributed by atoms with E-state index in [0.29, 0.717) is 11.5 Å². The van der Waals surface area contributed by atoms with E-state index < -0.39 is 5.97 Å². The zero-order valence-electron chi connectivity index (χ0n) is 12.9. The number of carboxylic acid groups (broad SMARTS) is 1. The number of ketones is 2. The van der Waals surface area contributed by atoms with Crippen LogP contribution < -0.4 is 9.47 Å². The standard InChI is InChI=1S/C12H10O4.C5H4O3/c1-15-9-5-6-10(16-2)12-8(14)4-3-7(13)11(9)12;6-5(7)4-2-1-3-8-4/h3-6H,1-2H3;1-3H,(H,6,7). The highest BCUT2D eigenvalue weighted by Gasteiger charge is 2.26. The molecule has 0 spiro atoms. The molecule has 1 heterocycles. The first-order valence-corrected chi connectivity index (χ1v) is 6.78. The van der Waals surface area contributed by atoms with Crippen LogP contribution in [0.25, 0.3) is 0 Å². The number of benzene rings is 1. The smallest absolute Gasteiger partial charge is 0.371 e. The van der Waals surface area contributed by atoms with Gasteiger partial charge in [0.15, 0.2) is 11.6 Å². The summed E-state index contributed by atoms with van der Waals surface area (Å²) < 4.78 is 14.6. The summed E-state index contributed by atoms with van der Waals surface area (Å²) in [4.78, 5) is 33.4. The molecule has 7 heteroatoms. The Hall–Kier alpha value is -3.35. The molecule has 0 atom stereocenters. The number of methoxy groups -OCH3 is 2. The van der Waals surface area contributed by atoms with Gasteiger partial charge in [-0.15, -0.1) is 0 Å². The van der Waals surface area contributed by atoms with Crippen molar-refractivity contribution in [2.24, 2.45) is 0 Å². The number of fused-ring (bicyclic) bond motifs is 1. The molecule has 0 radical (unpaired) electrons. The summed E-state index contributed by atoms with van der Waals surface area (Å²) in [6.45, 7) is 0. The largest absolute Gasteiger partial charge is 0.496 e. The number of carboxylic acids is 1. The zero-order valence-corrected chi connectivity index (χ0v) is 12.9. The van der Waals surface area contributed by atoms with Gasteiger partial charge in [-0.2, -0.15) is 0 Å². The number of furan rings is 1. The lowest BCUT2D eigenvalue weighted by atomic mass is 9.93. The van der Waals surface area contributed by atoms with E-state index in [-0.39, 0.29) is 28.5 Å². The summed E-state index contributed by atoms with van der Waals surface area (Å²) in [6, 6.07) is 6.15. The highest BCUT2D eigenvalue weighted by molar-refractivity contribution is 6.24. The Labute approximate surface area is 137 Å². The van der Waals surface area contributed by atoms with Crippen molar-refractivity contribution in [2.75, 3.05) is 14.2 Å². The van der Waals surface area contributed by atoms with Crippen molar-refractivity contribution in [3.05, 3.63) is 59.6 Å². The number of carbonyl (C=O) groups is 3. The minimum Gasteiger partial charge on any atom is -0.496 e. The minimum atomic E-state index is -1.03. The summed E-state index contributed by atoms with van der Waals surface area (Å²) in [7, 11) is 2.91. The third-order valence-corrected chi connectivity index (χ3v) is 3.18. The van der Waals surface area contributed by atoms with Gasteiger partial charge in [0.1, 0.15) is 11.5 Å². The maximum absolute atomic E-state index is 11.7. The minimum absolute atomic E-state index is 0.0231. The first-order chi connectivity index (χ1) is 11.5. The molecule has 0 amide bonds. The molecule has 1 aliphatic carbocycles. The van der Waals surface area contributed by atoms with Gasteiger partial charge in [0.05, 0.1) is 31.6 Å². The average Bonchev–Trinajstić information content (AvgIpc) is 3.12. The van der Waals surface area contributed by atoms with E-state index in [1.54, 1.807) is 12.1 Å². The van der Waals surface area contributed by atoms with Gasteiger partial charge in [-0.1, -0.05) is 0 Å². The Balaban J connectivity index is 0.000000219. The van der Waals surface area contributed by atoms with Gasteiger partial charge < -0.3 is 19.0 Å². The van der Waals surface area contributed by atoms with Gasteiger partial charge in [0, 0.05) is 0 Å². The second-order valence-electron chi connectivity index (χ2n) is 4.56. The van der Waals surface area contributed by atoms with E-state index in [4.69, 9.17) is 14.6 Å². The topological polar surface area (TPSA) is 103 Å². The fraction of sp³-hybridized carbons (Fsp3) is 0.118. The molecule has 7 nitrogen and oxygen atoms in total. The maximum atomic E-state index is 11.7. The van der Waals surface area contributed by atoms with Crippen molar-refractivity contribution in [3.8, 4) is 11.5 Å². The predicted molar refractivity (Wildman–Crippen MR) is 83.0 cm³/mol. The van der Waals surface area contributed by atoms with Crippen LogP contribution in [0.2, 0.25) is 0 Å². The van der Waals surface area contributed by atoms with Crippen LogP contribution >= 0.6 is 0 Å². The number of aromatic carboxylic acids is 1. The summed E-state index contributed by atoms with van der Waals surface area (Å²) in [5.41, 5.74) is 0.545. The Morgan fingerprint density at radius 3 is 1.75 bits per heavy atom. The molecule has 0 unspecified atom stereocenters. The molecule has 0 saturated heterocycles. The molecule has 1 aliphatic rings. The molecule has 1 aromatic carbocycles. The third-order valence-electron chi connectivity index (χ3n) is 3.18. The quantitative estimate of drug-likeness (QED) is 0.922. The summed E-state index contributed by atoms with van der Waals surface area (Å²) >= 11 is 0. The second-order valence-corrected chi connectivity index (χ2v) is 4.56. The number of hydrogen-bond donors (Lipinski definition) is 1. The highest BCUT2D eigenvalue weighted by atomic mass is 16.5. The van der Waals surface area contributed by atoms with Gasteiger partial charge in [0.25, 0.3) is 0 Å². The van der Waals surface area contributed by atoms with Gasteiger partial charge in [-0.25, -0.2) is 4.79 Å². The third kappa shape index (κ3) is 3.35. The fourth-order valence-electron chi connectivity index (χ4n) is 2.11. The molecule has 2 aromatic rings. The van der Waals surface area contributed by atoms with Gasteiger partial charge >= 0.3 is 5.97 Å². The second kappa shape index (κ2) is 7.28. The van der Waals surface area contributed by atoms with Crippen LogP contribution in [0, 0.1) is 0 Å². The highest BCUT2D eigenvalue weighted by Crippen LogP contribution is 2.33. The van der Waals surface area contributed by atoms with Crippen LogP contribution in [0.1, 0.15) is 31.3 Å². The Bertz CT molecular complexity index is 756. The van der Waals surface area contributed by atoms with Crippen molar-refractivity contribution < 1.29 is 33.4 Å². The van der Waals surface area contributed by atoms with E-state index in [2.05, 4.69) is 4.42 Å². The molecule has 124 valence electrons. The van der Waals surface area contributed by atoms with E-state index in [0.717, 1.165) is 0 Å². The Morgan fingerprint density at radius 1 is 0.958 bits per heavy atom. The molecular formula is C17H14O7. The first-order valence-electron chi connectivity index (χ1n) is 6.78. The van der Waals surface area contributed by atoms with Crippen molar-refractivity contribution in [2.45, 2.75) is 0 Å². The van der Waals surface area contributed by atoms with Crippen LogP contribution in [-0.4, -0.2) is 36.9 Å². The lowest BCUT2D eigenvalue weighted by Gasteiger charge is -2.15. The number of carbonyl (C=O) groups excluding carboxylic acids is 2. The lowest BCUT2D eigenvalue weighted by Crippen LogP contribution is -2.14. The van der Waals surface area contributed by atoms with Crippen molar-refractivity contribution in [3.63, 3.8) is 0 Å². The summed E-state index contributed by atoms with van der Waals surface area (Å²) in [5.74, 6) is -0.771. The molecule has 1 aromatic heterocycles.